The fourth-order valence-corrected chi connectivity index (χ4v) is 4.96. The highest BCUT2D eigenvalue weighted by atomic mass is 35.5. The molecule has 2 saturated heterocycles. The molecule has 2 fully saturated rings. The van der Waals surface area contributed by atoms with Crippen molar-refractivity contribution in [2.45, 2.75) is 51.2 Å². The van der Waals surface area contributed by atoms with Crippen LogP contribution < -0.4 is 0 Å². The molecule has 0 spiro atoms. The number of carbonyl (C=O) groups excluding carboxylic acids is 1. The largest absolute Gasteiger partial charge is 0.416 e. The number of hydrogen-bond acceptors (Lipinski definition) is 3. The molecule has 2 aliphatic heterocycles. The highest BCUT2D eigenvalue weighted by Crippen LogP contribution is 2.36. The number of piperidine rings is 1. The number of carbonyl (C=O) groups is 1. The minimum absolute atomic E-state index is 0.108. The van der Waals surface area contributed by atoms with Gasteiger partial charge in [0.05, 0.1) is 5.56 Å². The van der Waals surface area contributed by atoms with Crippen molar-refractivity contribution in [3.8, 4) is 11.1 Å². The third-order valence-electron chi connectivity index (χ3n) is 6.56. The standard InChI is InChI=1S/C24H27ClF3N3O/c1-2-16-13-17(20-14-18(24(26,27)28)5-6-21(20)25)15-29-22(16)23(32)31-11-7-19(8-12-31)30-9-3-4-10-30/h5-6,13-15,19H,2-4,7-12H2,1H3. The van der Waals surface area contributed by atoms with Gasteiger partial charge in [-0.1, -0.05) is 18.5 Å². The van der Waals surface area contributed by atoms with Crippen LogP contribution in [0.5, 0.6) is 0 Å². The summed E-state index contributed by atoms with van der Waals surface area (Å²) in [6.45, 7) is 5.61. The third-order valence-corrected chi connectivity index (χ3v) is 6.89. The van der Waals surface area contributed by atoms with Gasteiger partial charge >= 0.3 is 6.18 Å². The number of alkyl halides is 3. The molecule has 3 heterocycles. The number of aryl methyl sites for hydroxylation is 1. The summed E-state index contributed by atoms with van der Waals surface area (Å²) in [6, 6.07) is 5.52. The monoisotopic (exact) mass is 465 g/mol. The van der Waals surface area contributed by atoms with E-state index in [2.05, 4.69) is 9.88 Å². The Balaban J connectivity index is 1.54. The van der Waals surface area contributed by atoms with E-state index in [0.29, 0.717) is 42.4 Å². The zero-order valence-electron chi connectivity index (χ0n) is 18.1. The SMILES string of the molecule is CCc1cc(-c2cc(C(F)(F)F)ccc2Cl)cnc1C(=O)N1CCC(N2CCCC2)CC1. The van der Waals surface area contributed by atoms with Gasteiger partial charge in [-0.3, -0.25) is 9.78 Å². The van der Waals surface area contributed by atoms with Gasteiger partial charge in [0.2, 0.25) is 0 Å². The van der Waals surface area contributed by atoms with Gasteiger partial charge in [0.15, 0.2) is 0 Å². The molecule has 1 amide bonds. The maximum atomic E-state index is 13.2. The number of benzene rings is 1. The summed E-state index contributed by atoms with van der Waals surface area (Å²) in [4.78, 5) is 22.0. The van der Waals surface area contributed by atoms with Gasteiger partial charge < -0.3 is 9.80 Å². The third kappa shape index (κ3) is 4.79. The van der Waals surface area contributed by atoms with Gasteiger partial charge in [-0.25, -0.2) is 0 Å². The molecule has 0 radical (unpaired) electrons. The Morgan fingerprint density at radius 2 is 1.81 bits per heavy atom. The average Bonchev–Trinajstić information content (AvgIpc) is 3.33. The molecular formula is C24H27ClF3N3O. The predicted molar refractivity (Wildman–Crippen MR) is 119 cm³/mol. The number of halogens is 4. The fraction of sp³-hybridized carbons (Fsp3) is 0.500. The van der Waals surface area contributed by atoms with Crippen LogP contribution in [0.25, 0.3) is 11.1 Å². The summed E-state index contributed by atoms with van der Waals surface area (Å²) in [6.07, 6.45) is 1.97. The van der Waals surface area contributed by atoms with Gasteiger partial charge in [-0.2, -0.15) is 13.2 Å². The van der Waals surface area contributed by atoms with E-state index >= 15 is 0 Å². The maximum absolute atomic E-state index is 13.2. The summed E-state index contributed by atoms with van der Waals surface area (Å²) in [7, 11) is 0. The van der Waals surface area contributed by atoms with Crippen molar-refractivity contribution in [3.63, 3.8) is 0 Å². The predicted octanol–water partition coefficient (Wildman–Crippen LogP) is 5.68. The molecule has 1 aromatic heterocycles. The molecule has 0 unspecified atom stereocenters. The Hall–Kier alpha value is -2.12. The van der Waals surface area contributed by atoms with Crippen LogP contribution >= 0.6 is 11.6 Å². The van der Waals surface area contributed by atoms with Crippen molar-refractivity contribution < 1.29 is 18.0 Å². The van der Waals surface area contributed by atoms with Crippen molar-refractivity contribution in [1.29, 1.82) is 0 Å². The minimum atomic E-state index is -4.46. The first-order valence-corrected chi connectivity index (χ1v) is 11.5. The summed E-state index contributed by atoms with van der Waals surface area (Å²) in [5.74, 6) is -0.108. The number of pyridine rings is 1. The van der Waals surface area contributed by atoms with Crippen molar-refractivity contribution >= 4 is 17.5 Å². The van der Waals surface area contributed by atoms with Gasteiger partial charge in [-0.15, -0.1) is 0 Å². The maximum Gasteiger partial charge on any atom is 0.416 e. The first-order chi connectivity index (χ1) is 15.3. The zero-order chi connectivity index (χ0) is 22.9. The van der Waals surface area contributed by atoms with Gasteiger partial charge in [0.25, 0.3) is 5.91 Å². The lowest BCUT2D eigenvalue weighted by atomic mass is 9.99. The smallest absolute Gasteiger partial charge is 0.337 e. The van der Waals surface area contributed by atoms with Crippen LogP contribution in [0, 0.1) is 0 Å². The normalized spacial score (nSPS) is 18.3. The van der Waals surface area contributed by atoms with Crippen LogP contribution in [0.2, 0.25) is 5.02 Å². The number of nitrogens with zero attached hydrogens (tertiary/aromatic N) is 3. The number of hydrogen-bond donors (Lipinski definition) is 0. The fourth-order valence-electron chi connectivity index (χ4n) is 4.73. The lowest BCUT2D eigenvalue weighted by Crippen LogP contribution is -2.46. The molecule has 0 bridgehead atoms. The topological polar surface area (TPSA) is 36.4 Å². The molecule has 0 aliphatic carbocycles. The number of rotatable bonds is 4. The minimum Gasteiger partial charge on any atom is -0.337 e. The van der Waals surface area contributed by atoms with E-state index in [9.17, 15) is 18.0 Å². The van der Waals surface area contributed by atoms with Crippen LogP contribution in [0.15, 0.2) is 30.5 Å². The molecule has 32 heavy (non-hydrogen) atoms. The quantitative estimate of drug-likeness (QED) is 0.582. The lowest BCUT2D eigenvalue weighted by Gasteiger charge is -2.36. The van der Waals surface area contributed by atoms with E-state index in [1.165, 1.54) is 25.1 Å². The molecule has 0 atom stereocenters. The first kappa shape index (κ1) is 23.1. The van der Waals surface area contributed by atoms with Gasteiger partial charge in [-0.05, 0) is 75.0 Å². The Bertz CT molecular complexity index is 981. The van der Waals surface area contributed by atoms with Crippen LogP contribution in [0.1, 0.15) is 54.2 Å². The highest BCUT2D eigenvalue weighted by Gasteiger charge is 2.32. The number of likely N-dealkylation sites (tertiary alicyclic amines) is 2. The van der Waals surface area contributed by atoms with Gasteiger partial charge in [0.1, 0.15) is 5.69 Å². The van der Waals surface area contributed by atoms with E-state index in [0.717, 1.165) is 38.1 Å². The molecule has 172 valence electrons. The second-order valence-corrected chi connectivity index (χ2v) is 8.95. The van der Waals surface area contributed by atoms with E-state index in [1.54, 1.807) is 6.07 Å². The molecule has 0 N–H and O–H groups in total. The molecule has 8 heteroatoms. The Kier molecular flexibility index (Phi) is 6.77. The summed E-state index contributed by atoms with van der Waals surface area (Å²) in [5.41, 5.74) is 1.05. The molecular weight excluding hydrogens is 439 g/mol. The summed E-state index contributed by atoms with van der Waals surface area (Å²) in [5, 5.41) is 0.213. The highest BCUT2D eigenvalue weighted by molar-refractivity contribution is 6.33. The van der Waals surface area contributed by atoms with Crippen LogP contribution in [0.4, 0.5) is 13.2 Å². The Labute approximate surface area is 191 Å². The molecule has 1 aromatic carbocycles. The van der Waals surface area contributed by atoms with Gasteiger partial charge in [0, 0.05) is 41.5 Å². The van der Waals surface area contributed by atoms with E-state index in [1.807, 2.05) is 11.8 Å². The number of amides is 1. The van der Waals surface area contributed by atoms with E-state index in [-0.39, 0.29) is 16.5 Å². The number of aromatic nitrogens is 1. The summed E-state index contributed by atoms with van der Waals surface area (Å²) >= 11 is 6.19. The second kappa shape index (κ2) is 9.40. The molecule has 4 nitrogen and oxygen atoms in total. The Morgan fingerprint density at radius 3 is 2.44 bits per heavy atom. The second-order valence-electron chi connectivity index (χ2n) is 8.54. The molecule has 2 aromatic rings. The van der Waals surface area contributed by atoms with E-state index < -0.39 is 11.7 Å². The van der Waals surface area contributed by atoms with Crippen molar-refractivity contribution in [2.24, 2.45) is 0 Å². The van der Waals surface area contributed by atoms with Crippen molar-refractivity contribution in [1.82, 2.24) is 14.8 Å². The first-order valence-electron chi connectivity index (χ1n) is 11.2. The van der Waals surface area contributed by atoms with Crippen molar-refractivity contribution in [3.05, 3.63) is 52.3 Å². The zero-order valence-corrected chi connectivity index (χ0v) is 18.8. The molecule has 2 aliphatic rings. The van der Waals surface area contributed by atoms with E-state index in [4.69, 9.17) is 11.6 Å². The van der Waals surface area contributed by atoms with Crippen LogP contribution in [0.3, 0.4) is 0 Å². The average molecular weight is 466 g/mol. The molecule has 4 rings (SSSR count). The lowest BCUT2D eigenvalue weighted by molar-refractivity contribution is -0.137. The summed E-state index contributed by atoms with van der Waals surface area (Å²) < 4.78 is 39.5. The molecule has 0 saturated carbocycles. The van der Waals surface area contributed by atoms with Crippen molar-refractivity contribution in [2.75, 3.05) is 26.2 Å². The van der Waals surface area contributed by atoms with Crippen LogP contribution in [-0.2, 0) is 12.6 Å². The Morgan fingerprint density at radius 1 is 1.12 bits per heavy atom. The van der Waals surface area contributed by atoms with Crippen LogP contribution in [-0.4, -0.2) is 52.9 Å².